The standard InChI is InChI=1S/C20H21N3O3/c1-2-3-11-26-14-12-20(13-14,19-21-9-6-10-22-19)23-17(24)15-7-4-5-8-16(15)18(23)25/h4-10,14H,2-3,11-13H2,1H3. The second kappa shape index (κ2) is 6.61. The lowest BCUT2D eigenvalue weighted by molar-refractivity contribution is -0.0920. The minimum atomic E-state index is -0.828. The minimum absolute atomic E-state index is 0.00895. The number of ether oxygens (including phenoxy) is 1. The van der Waals surface area contributed by atoms with E-state index in [4.69, 9.17) is 4.74 Å². The molecule has 1 aliphatic carbocycles. The Morgan fingerprint density at radius 3 is 2.27 bits per heavy atom. The summed E-state index contributed by atoms with van der Waals surface area (Å²) in [5, 5.41) is 0. The Balaban J connectivity index is 1.66. The van der Waals surface area contributed by atoms with Gasteiger partial charge in [-0.15, -0.1) is 0 Å². The number of imide groups is 1. The van der Waals surface area contributed by atoms with Gasteiger partial charge < -0.3 is 4.74 Å². The molecule has 2 aliphatic rings. The van der Waals surface area contributed by atoms with Crippen molar-refractivity contribution in [2.75, 3.05) is 6.61 Å². The molecule has 0 saturated heterocycles. The van der Waals surface area contributed by atoms with Gasteiger partial charge >= 0.3 is 0 Å². The molecule has 1 aromatic heterocycles. The minimum Gasteiger partial charge on any atom is -0.378 e. The maximum Gasteiger partial charge on any atom is 0.262 e. The van der Waals surface area contributed by atoms with Gasteiger partial charge in [0.2, 0.25) is 0 Å². The van der Waals surface area contributed by atoms with Crippen molar-refractivity contribution in [3.05, 3.63) is 59.7 Å². The first kappa shape index (κ1) is 16.8. The molecule has 6 nitrogen and oxygen atoms in total. The molecular formula is C20H21N3O3. The Bertz CT molecular complexity index is 796. The molecule has 0 radical (unpaired) electrons. The van der Waals surface area contributed by atoms with Crippen LogP contribution in [0.5, 0.6) is 0 Å². The maximum atomic E-state index is 13.0. The van der Waals surface area contributed by atoms with Crippen LogP contribution in [0.2, 0.25) is 0 Å². The highest BCUT2D eigenvalue weighted by atomic mass is 16.5. The molecule has 4 rings (SSSR count). The number of carbonyl (C=O) groups excluding carboxylic acids is 2. The number of unbranched alkanes of at least 4 members (excludes halogenated alkanes) is 1. The molecule has 0 atom stereocenters. The molecule has 0 bridgehead atoms. The van der Waals surface area contributed by atoms with Crippen LogP contribution in [0.4, 0.5) is 0 Å². The average Bonchev–Trinajstić information content (AvgIpc) is 2.90. The van der Waals surface area contributed by atoms with Gasteiger partial charge in [0.05, 0.1) is 17.2 Å². The molecule has 26 heavy (non-hydrogen) atoms. The number of benzene rings is 1. The first-order valence-corrected chi connectivity index (χ1v) is 9.04. The highest BCUT2D eigenvalue weighted by molar-refractivity contribution is 6.21. The van der Waals surface area contributed by atoms with Crippen LogP contribution < -0.4 is 0 Å². The summed E-state index contributed by atoms with van der Waals surface area (Å²) < 4.78 is 5.90. The van der Waals surface area contributed by atoms with Crippen LogP contribution in [0, 0.1) is 0 Å². The van der Waals surface area contributed by atoms with Gasteiger partial charge in [-0.1, -0.05) is 25.5 Å². The Morgan fingerprint density at radius 1 is 1.08 bits per heavy atom. The van der Waals surface area contributed by atoms with Crippen molar-refractivity contribution in [3.8, 4) is 0 Å². The summed E-state index contributed by atoms with van der Waals surface area (Å²) >= 11 is 0. The quantitative estimate of drug-likeness (QED) is 0.591. The fraction of sp³-hybridized carbons (Fsp3) is 0.400. The van der Waals surface area contributed by atoms with E-state index in [0.29, 0.717) is 36.4 Å². The number of fused-ring (bicyclic) bond motifs is 1. The fourth-order valence-electron chi connectivity index (χ4n) is 3.79. The van der Waals surface area contributed by atoms with Crippen molar-refractivity contribution < 1.29 is 14.3 Å². The van der Waals surface area contributed by atoms with Crippen LogP contribution in [0.3, 0.4) is 0 Å². The van der Waals surface area contributed by atoms with Gasteiger partial charge in [0.15, 0.2) is 5.82 Å². The lowest BCUT2D eigenvalue weighted by Gasteiger charge is -2.50. The summed E-state index contributed by atoms with van der Waals surface area (Å²) in [4.78, 5) is 36.1. The Kier molecular flexibility index (Phi) is 4.28. The van der Waals surface area contributed by atoms with Crippen LogP contribution in [0.25, 0.3) is 0 Å². The maximum absolute atomic E-state index is 13.0. The van der Waals surface area contributed by atoms with Gasteiger partial charge in [0.1, 0.15) is 5.54 Å². The average molecular weight is 351 g/mol. The number of hydrogen-bond acceptors (Lipinski definition) is 5. The molecule has 0 spiro atoms. The van der Waals surface area contributed by atoms with Crippen LogP contribution in [0.1, 0.15) is 59.1 Å². The number of aromatic nitrogens is 2. The van der Waals surface area contributed by atoms with Gasteiger partial charge in [-0.2, -0.15) is 0 Å². The monoisotopic (exact) mass is 351 g/mol. The Labute approximate surface area is 152 Å². The summed E-state index contributed by atoms with van der Waals surface area (Å²) in [6.07, 6.45) is 6.44. The van der Waals surface area contributed by atoms with Gasteiger partial charge in [-0.25, -0.2) is 9.97 Å². The van der Waals surface area contributed by atoms with E-state index < -0.39 is 5.54 Å². The van der Waals surface area contributed by atoms with E-state index in [2.05, 4.69) is 16.9 Å². The summed E-state index contributed by atoms with van der Waals surface area (Å²) in [5.41, 5.74) is 0.0667. The number of amides is 2. The second-order valence-electron chi connectivity index (χ2n) is 6.85. The lowest BCUT2D eigenvalue weighted by Crippen LogP contribution is -2.60. The molecule has 0 unspecified atom stereocenters. The third-order valence-electron chi connectivity index (χ3n) is 5.19. The summed E-state index contributed by atoms with van der Waals surface area (Å²) in [7, 11) is 0. The predicted molar refractivity (Wildman–Crippen MR) is 94.5 cm³/mol. The van der Waals surface area contributed by atoms with E-state index in [1.807, 2.05) is 0 Å². The van der Waals surface area contributed by atoms with Crippen molar-refractivity contribution in [1.82, 2.24) is 14.9 Å². The molecule has 6 heteroatoms. The van der Waals surface area contributed by atoms with Crippen molar-refractivity contribution in [3.63, 3.8) is 0 Å². The van der Waals surface area contributed by atoms with Gasteiger partial charge in [-0.05, 0) is 24.6 Å². The highest BCUT2D eigenvalue weighted by Crippen LogP contribution is 2.49. The lowest BCUT2D eigenvalue weighted by atomic mass is 9.71. The Morgan fingerprint density at radius 2 is 1.69 bits per heavy atom. The van der Waals surface area contributed by atoms with Gasteiger partial charge in [0.25, 0.3) is 11.8 Å². The van der Waals surface area contributed by atoms with Crippen LogP contribution in [0.15, 0.2) is 42.7 Å². The molecule has 2 amide bonds. The fourth-order valence-corrected chi connectivity index (χ4v) is 3.79. The predicted octanol–water partition coefficient (Wildman–Crippen LogP) is 2.95. The van der Waals surface area contributed by atoms with Crippen molar-refractivity contribution in [2.24, 2.45) is 0 Å². The van der Waals surface area contributed by atoms with E-state index in [9.17, 15) is 9.59 Å². The second-order valence-corrected chi connectivity index (χ2v) is 6.85. The molecule has 1 aliphatic heterocycles. The normalized spacial score (nSPS) is 24.5. The third kappa shape index (κ3) is 2.52. The zero-order valence-electron chi connectivity index (χ0n) is 14.7. The van der Waals surface area contributed by atoms with E-state index in [1.165, 1.54) is 4.90 Å². The molecule has 1 saturated carbocycles. The van der Waals surface area contributed by atoms with Crippen molar-refractivity contribution in [2.45, 2.75) is 44.2 Å². The van der Waals surface area contributed by atoms with Crippen LogP contribution >= 0.6 is 0 Å². The Hall–Kier alpha value is -2.60. The van der Waals surface area contributed by atoms with E-state index in [1.54, 1.807) is 42.7 Å². The van der Waals surface area contributed by atoms with E-state index in [-0.39, 0.29) is 17.9 Å². The summed E-state index contributed by atoms with van der Waals surface area (Å²) in [6, 6.07) is 8.67. The van der Waals surface area contributed by atoms with E-state index in [0.717, 1.165) is 12.8 Å². The highest BCUT2D eigenvalue weighted by Gasteiger charge is 2.59. The first-order chi connectivity index (χ1) is 12.7. The molecular weight excluding hydrogens is 330 g/mol. The van der Waals surface area contributed by atoms with E-state index >= 15 is 0 Å². The SMILES string of the molecule is CCCCOC1CC(c2ncccn2)(N2C(=O)c3ccccc3C2=O)C1. The number of rotatable bonds is 6. The molecule has 1 aromatic carbocycles. The van der Waals surface area contributed by atoms with Crippen LogP contribution in [-0.4, -0.2) is 39.4 Å². The number of nitrogens with zero attached hydrogens (tertiary/aromatic N) is 3. The smallest absolute Gasteiger partial charge is 0.262 e. The zero-order chi connectivity index (χ0) is 18.1. The summed E-state index contributed by atoms with van der Waals surface area (Å²) in [6.45, 7) is 2.81. The molecule has 2 aromatic rings. The molecule has 2 heterocycles. The molecule has 1 fully saturated rings. The first-order valence-electron chi connectivity index (χ1n) is 9.04. The molecule has 0 N–H and O–H groups in total. The third-order valence-corrected chi connectivity index (χ3v) is 5.19. The van der Waals surface area contributed by atoms with Crippen molar-refractivity contribution >= 4 is 11.8 Å². The zero-order valence-corrected chi connectivity index (χ0v) is 14.7. The van der Waals surface area contributed by atoms with Crippen molar-refractivity contribution in [1.29, 1.82) is 0 Å². The van der Waals surface area contributed by atoms with Gasteiger partial charge in [-0.3, -0.25) is 14.5 Å². The topological polar surface area (TPSA) is 72.4 Å². The van der Waals surface area contributed by atoms with Gasteiger partial charge in [0, 0.05) is 31.8 Å². The molecule has 134 valence electrons. The largest absolute Gasteiger partial charge is 0.378 e. The number of carbonyl (C=O) groups is 2. The van der Waals surface area contributed by atoms with Crippen LogP contribution in [-0.2, 0) is 10.3 Å². The number of hydrogen-bond donors (Lipinski definition) is 0. The summed E-state index contributed by atoms with van der Waals surface area (Å²) in [5.74, 6) is -0.0417.